The van der Waals surface area contributed by atoms with Gasteiger partial charge in [0.2, 0.25) is 0 Å². The molecule has 0 aliphatic heterocycles. The van der Waals surface area contributed by atoms with Crippen molar-refractivity contribution in [3.8, 4) is 5.75 Å². The van der Waals surface area contributed by atoms with E-state index in [0.717, 1.165) is 12.5 Å². The summed E-state index contributed by atoms with van der Waals surface area (Å²) in [5.74, 6) is -0.948. The number of alkyl halides is 2. The second kappa shape index (κ2) is 6.69. The average Bonchev–Trinajstić information content (AvgIpc) is 2.46. The number of pyridine rings is 1. The zero-order valence-corrected chi connectivity index (χ0v) is 12.7. The Morgan fingerprint density at radius 1 is 1.22 bits per heavy atom. The second-order valence-corrected chi connectivity index (χ2v) is 6.45. The Morgan fingerprint density at radius 3 is 2.48 bits per heavy atom. The molecule has 2 aromatic rings. The average molecular weight is 342 g/mol. The fraction of sp³-hybridized carbons (Fsp3) is 0.143. The van der Waals surface area contributed by atoms with Crippen molar-refractivity contribution in [2.75, 3.05) is 11.6 Å². The van der Waals surface area contributed by atoms with Crippen LogP contribution in [0.1, 0.15) is 10.4 Å². The van der Waals surface area contributed by atoms with Gasteiger partial charge in [0.15, 0.2) is 14.9 Å². The number of benzene rings is 1. The maximum Gasteiger partial charge on any atom is 0.387 e. The van der Waals surface area contributed by atoms with E-state index >= 15 is 0 Å². The van der Waals surface area contributed by atoms with Crippen molar-refractivity contribution in [1.29, 1.82) is 0 Å². The lowest BCUT2D eigenvalue weighted by Crippen LogP contribution is -2.15. The molecule has 0 aliphatic carbocycles. The first kappa shape index (κ1) is 16.8. The van der Waals surface area contributed by atoms with E-state index in [9.17, 15) is 22.0 Å². The minimum absolute atomic E-state index is 0.0833. The number of rotatable bonds is 5. The van der Waals surface area contributed by atoms with E-state index < -0.39 is 22.4 Å². The van der Waals surface area contributed by atoms with Gasteiger partial charge < -0.3 is 10.1 Å². The van der Waals surface area contributed by atoms with Gasteiger partial charge in [-0.1, -0.05) is 12.1 Å². The van der Waals surface area contributed by atoms with Gasteiger partial charge in [0, 0.05) is 6.26 Å². The Hall–Kier alpha value is -2.55. The molecule has 122 valence electrons. The molecule has 0 spiro atoms. The van der Waals surface area contributed by atoms with Crippen molar-refractivity contribution in [3.63, 3.8) is 0 Å². The van der Waals surface area contributed by atoms with Crippen LogP contribution in [-0.2, 0) is 9.84 Å². The normalized spacial score (nSPS) is 11.3. The zero-order valence-electron chi connectivity index (χ0n) is 11.9. The number of anilines is 1. The van der Waals surface area contributed by atoms with Crippen molar-refractivity contribution < 1.29 is 26.7 Å². The first-order valence-electron chi connectivity index (χ1n) is 6.28. The predicted octanol–water partition coefficient (Wildman–Crippen LogP) is 2.34. The molecular weight excluding hydrogens is 330 g/mol. The van der Waals surface area contributed by atoms with E-state index in [4.69, 9.17) is 0 Å². The SMILES string of the molecule is CS(=O)(=O)c1ccc(NC(=O)c2ccccc2OC(F)F)cn1. The van der Waals surface area contributed by atoms with Crippen LogP contribution in [0.15, 0.2) is 47.6 Å². The van der Waals surface area contributed by atoms with Gasteiger partial charge >= 0.3 is 6.61 Å². The molecule has 0 atom stereocenters. The fourth-order valence-corrected chi connectivity index (χ4v) is 2.28. The first-order chi connectivity index (χ1) is 10.8. The number of nitrogens with zero attached hydrogens (tertiary/aromatic N) is 1. The minimum atomic E-state index is -3.45. The van der Waals surface area contributed by atoms with E-state index in [1.54, 1.807) is 0 Å². The molecule has 23 heavy (non-hydrogen) atoms. The number of amides is 1. The number of hydrogen-bond donors (Lipinski definition) is 1. The van der Waals surface area contributed by atoms with Gasteiger partial charge in [0.25, 0.3) is 5.91 Å². The van der Waals surface area contributed by atoms with Crippen molar-refractivity contribution in [3.05, 3.63) is 48.2 Å². The number of nitrogens with one attached hydrogen (secondary N) is 1. The molecule has 1 N–H and O–H groups in total. The molecule has 0 saturated heterocycles. The lowest BCUT2D eigenvalue weighted by molar-refractivity contribution is -0.0501. The molecule has 0 aliphatic rings. The second-order valence-electron chi connectivity index (χ2n) is 4.49. The molecule has 2 rings (SSSR count). The largest absolute Gasteiger partial charge is 0.434 e. The molecular formula is C14H12F2N2O4S. The van der Waals surface area contributed by atoms with Gasteiger partial charge in [0.05, 0.1) is 17.4 Å². The van der Waals surface area contributed by atoms with Gasteiger partial charge in [-0.05, 0) is 24.3 Å². The van der Waals surface area contributed by atoms with Gasteiger partial charge in [0.1, 0.15) is 5.75 Å². The highest BCUT2D eigenvalue weighted by atomic mass is 32.2. The lowest BCUT2D eigenvalue weighted by Gasteiger charge is -2.10. The van der Waals surface area contributed by atoms with Gasteiger partial charge in [-0.3, -0.25) is 4.79 Å². The summed E-state index contributed by atoms with van der Waals surface area (Å²) in [6, 6.07) is 8.09. The highest BCUT2D eigenvalue weighted by Gasteiger charge is 2.16. The van der Waals surface area contributed by atoms with Crippen LogP contribution in [0, 0.1) is 0 Å². The third-order valence-electron chi connectivity index (χ3n) is 2.72. The van der Waals surface area contributed by atoms with Crippen LogP contribution < -0.4 is 10.1 Å². The summed E-state index contributed by atoms with van der Waals surface area (Å²) in [5, 5.41) is 2.29. The molecule has 1 heterocycles. The highest BCUT2D eigenvalue weighted by molar-refractivity contribution is 7.90. The van der Waals surface area contributed by atoms with Crippen molar-refractivity contribution in [2.24, 2.45) is 0 Å². The quantitative estimate of drug-likeness (QED) is 0.901. The summed E-state index contributed by atoms with van der Waals surface area (Å²) in [6.07, 6.45) is 2.16. The van der Waals surface area contributed by atoms with Crippen LogP contribution in [0.3, 0.4) is 0 Å². The molecule has 0 fully saturated rings. The summed E-state index contributed by atoms with van der Waals surface area (Å²) in [7, 11) is -3.45. The van der Waals surface area contributed by atoms with Crippen LogP contribution in [-0.4, -0.2) is 32.2 Å². The highest BCUT2D eigenvalue weighted by Crippen LogP contribution is 2.21. The fourth-order valence-electron chi connectivity index (χ4n) is 1.72. The Morgan fingerprint density at radius 2 is 1.91 bits per heavy atom. The van der Waals surface area contributed by atoms with Crippen LogP contribution in [0.25, 0.3) is 0 Å². The molecule has 1 aromatic heterocycles. The van der Waals surface area contributed by atoms with Crippen molar-refractivity contribution in [1.82, 2.24) is 4.98 Å². The maximum atomic E-state index is 12.3. The van der Waals surface area contributed by atoms with E-state index in [0.29, 0.717) is 0 Å². The molecule has 6 nitrogen and oxygen atoms in total. The lowest BCUT2D eigenvalue weighted by atomic mass is 10.2. The Balaban J connectivity index is 2.20. The molecule has 1 amide bonds. The van der Waals surface area contributed by atoms with Crippen LogP contribution in [0.2, 0.25) is 0 Å². The van der Waals surface area contributed by atoms with E-state index in [1.165, 1.54) is 36.4 Å². The molecule has 0 unspecified atom stereocenters. The topological polar surface area (TPSA) is 85.4 Å². The van der Waals surface area contributed by atoms with Crippen LogP contribution >= 0.6 is 0 Å². The Labute approximate surface area is 131 Å². The molecule has 1 aromatic carbocycles. The number of halogens is 2. The van der Waals surface area contributed by atoms with E-state index in [1.807, 2.05) is 0 Å². The van der Waals surface area contributed by atoms with E-state index in [2.05, 4.69) is 15.0 Å². The summed E-state index contributed by atoms with van der Waals surface area (Å²) in [4.78, 5) is 15.8. The predicted molar refractivity (Wildman–Crippen MR) is 78.4 cm³/mol. The Kier molecular flexibility index (Phi) is 4.89. The molecule has 9 heteroatoms. The number of para-hydroxylation sites is 1. The summed E-state index contributed by atoms with van der Waals surface area (Å²) >= 11 is 0. The van der Waals surface area contributed by atoms with Crippen molar-refractivity contribution in [2.45, 2.75) is 11.6 Å². The van der Waals surface area contributed by atoms with E-state index in [-0.39, 0.29) is 22.0 Å². The van der Waals surface area contributed by atoms with Crippen LogP contribution in [0.4, 0.5) is 14.5 Å². The molecule has 0 bridgehead atoms. The number of ether oxygens (including phenoxy) is 1. The van der Waals surface area contributed by atoms with Gasteiger partial charge in [-0.2, -0.15) is 8.78 Å². The maximum absolute atomic E-state index is 12.3. The van der Waals surface area contributed by atoms with Gasteiger partial charge in [-0.25, -0.2) is 13.4 Å². The number of aromatic nitrogens is 1. The summed E-state index contributed by atoms with van der Waals surface area (Å²) < 4.78 is 51.5. The van der Waals surface area contributed by atoms with Gasteiger partial charge in [-0.15, -0.1) is 0 Å². The Bertz CT molecular complexity index is 808. The van der Waals surface area contributed by atoms with Crippen LogP contribution in [0.5, 0.6) is 5.75 Å². The molecule has 0 saturated carbocycles. The number of sulfone groups is 1. The number of carbonyl (C=O) groups excluding carboxylic acids is 1. The minimum Gasteiger partial charge on any atom is -0.434 e. The number of hydrogen-bond acceptors (Lipinski definition) is 5. The van der Waals surface area contributed by atoms with Crippen molar-refractivity contribution >= 4 is 21.4 Å². The number of carbonyl (C=O) groups is 1. The standard InChI is InChI=1S/C14H12F2N2O4S/c1-23(20,21)12-7-6-9(8-17-12)18-13(19)10-4-2-3-5-11(10)22-14(15)16/h2-8,14H,1H3,(H,18,19). The summed E-state index contributed by atoms with van der Waals surface area (Å²) in [5.41, 5.74) is 0.134. The smallest absolute Gasteiger partial charge is 0.387 e. The third kappa shape index (κ3) is 4.46. The summed E-state index contributed by atoms with van der Waals surface area (Å²) in [6.45, 7) is -3.06. The monoisotopic (exact) mass is 342 g/mol. The third-order valence-corrected chi connectivity index (χ3v) is 3.72. The zero-order chi connectivity index (χ0) is 17.0. The first-order valence-corrected chi connectivity index (χ1v) is 8.18. The molecule has 0 radical (unpaired) electrons.